The first-order valence-electron chi connectivity index (χ1n) is 6.99. The number of benzene rings is 1. The Kier molecular flexibility index (Phi) is 5.64. The Hall–Kier alpha value is -1.53. The number of hydrogen-bond acceptors (Lipinski definition) is 4. The zero-order chi connectivity index (χ0) is 15.2. The molecule has 5 nitrogen and oxygen atoms in total. The van der Waals surface area contributed by atoms with Gasteiger partial charge in [-0.3, -0.25) is 14.5 Å². The van der Waals surface area contributed by atoms with Crippen LogP contribution < -0.4 is 5.32 Å². The number of carboxylic acids is 1. The summed E-state index contributed by atoms with van der Waals surface area (Å²) in [5.41, 5.74) is 1.23. The van der Waals surface area contributed by atoms with Gasteiger partial charge in [-0.15, -0.1) is 11.8 Å². The molecular formula is C15H20N2O3S. The Labute approximate surface area is 128 Å². The van der Waals surface area contributed by atoms with E-state index < -0.39 is 12.0 Å². The number of nitrogens with zero attached hydrogens (tertiary/aromatic N) is 1. The van der Waals surface area contributed by atoms with Crippen LogP contribution in [0.25, 0.3) is 0 Å². The molecule has 1 aliphatic heterocycles. The standard InChI is InChI=1S/C15H20N2O3S/c1-11-2-4-12(5-3-11)21-9-8-17-7-6-16-15(20)13(17)10-14(18)19/h2-5,13H,6-10H2,1H3,(H,16,20)(H,18,19). The number of thioether (sulfide) groups is 1. The van der Waals surface area contributed by atoms with Crippen molar-refractivity contribution in [1.29, 1.82) is 0 Å². The summed E-state index contributed by atoms with van der Waals surface area (Å²) in [5, 5.41) is 11.6. The molecule has 21 heavy (non-hydrogen) atoms. The van der Waals surface area contributed by atoms with Crippen molar-refractivity contribution in [3.05, 3.63) is 29.8 Å². The number of piperazine rings is 1. The van der Waals surface area contributed by atoms with E-state index in [1.807, 2.05) is 4.90 Å². The van der Waals surface area contributed by atoms with E-state index in [1.54, 1.807) is 11.8 Å². The Morgan fingerprint density at radius 3 is 2.81 bits per heavy atom. The van der Waals surface area contributed by atoms with E-state index >= 15 is 0 Å². The zero-order valence-corrected chi connectivity index (χ0v) is 12.9. The Balaban J connectivity index is 1.86. The minimum atomic E-state index is -0.937. The number of aryl methyl sites for hydroxylation is 1. The molecule has 1 aromatic rings. The molecule has 0 radical (unpaired) electrons. The maximum absolute atomic E-state index is 11.8. The number of carbonyl (C=O) groups excluding carboxylic acids is 1. The van der Waals surface area contributed by atoms with E-state index in [4.69, 9.17) is 5.11 Å². The second-order valence-electron chi connectivity index (χ2n) is 5.10. The topological polar surface area (TPSA) is 69.6 Å². The lowest BCUT2D eigenvalue weighted by Crippen LogP contribution is -2.56. The fraction of sp³-hybridized carbons (Fsp3) is 0.467. The van der Waals surface area contributed by atoms with Crippen molar-refractivity contribution in [3.63, 3.8) is 0 Å². The molecule has 1 unspecified atom stereocenters. The maximum atomic E-state index is 11.8. The summed E-state index contributed by atoms with van der Waals surface area (Å²) >= 11 is 1.72. The molecule has 1 heterocycles. The van der Waals surface area contributed by atoms with Crippen LogP contribution in [0.1, 0.15) is 12.0 Å². The van der Waals surface area contributed by atoms with Crippen LogP contribution in [0.3, 0.4) is 0 Å². The Bertz CT molecular complexity index is 504. The predicted octanol–water partition coefficient (Wildman–Crippen LogP) is 1.36. The van der Waals surface area contributed by atoms with Gasteiger partial charge in [-0.1, -0.05) is 17.7 Å². The van der Waals surface area contributed by atoms with E-state index in [0.29, 0.717) is 19.6 Å². The zero-order valence-electron chi connectivity index (χ0n) is 12.0. The smallest absolute Gasteiger partial charge is 0.305 e. The monoisotopic (exact) mass is 308 g/mol. The number of nitrogens with one attached hydrogen (secondary N) is 1. The highest BCUT2D eigenvalue weighted by molar-refractivity contribution is 7.99. The van der Waals surface area contributed by atoms with Gasteiger partial charge >= 0.3 is 5.97 Å². The van der Waals surface area contributed by atoms with Crippen molar-refractivity contribution in [2.75, 3.05) is 25.4 Å². The molecule has 1 atom stereocenters. The highest BCUT2D eigenvalue weighted by Gasteiger charge is 2.31. The van der Waals surface area contributed by atoms with Gasteiger partial charge in [0, 0.05) is 30.3 Å². The van der Waals surface area contributed by atoms with Gasteiger partial charge in [-0.2, -0.15) is 0 Å². The molecular weight excluding hydrogens is 288 g/mol. The summed E-state index contributed by atoms with van der Waals surface area (Å²) < 4.78 is 0. The minimum absolute atomic E-state index is 0.138. The number of hydrogen-bond donors (Lipinski definition) is 2. The van der Waals surface area contributed by atoms with Crippen LogP contribution in [-0.4, -0.2) is 53.3 Å². The molecule has 0 bridgehead atoms. The lowest BCUT2D eigenvalue weighted by atomic mass is 10.1. The third-order valence-corrected chi connectivity index (χ3v) is 4.47. The third kappa shape index (κ3) is 4.75. The van der Waals surface area contributed by atoms with Crippen LogP contribution in [0.15, 0.2) is 29.2 Å². The van der Waals surface area contributed by atoms with E-state index in [9.17, 15) is 9.59 Å². The average molecular weight is 308 g/mol. The largest absolute Gasteiger partial charge is 0.481 e. The number of rotatable bonds is 6. The van der Waals surface area contributed by atoms with Gasteiger partial charge in [-0.05, 0) is 19.1 Å². The molecule has 114 valence electrons. The first-order chi connectivity index (χ1) is 10.1. The highest BCUT2D eigenvalue weighted by Crippen LogP contribution is 2.19. The number of aliphatic carboxylic acids is 1. The fourth-order valence-electron chi connectivity index (χ4n) is 2.33. The summed E-state index contributed by atoms with van der Waals surface area (Å²) in [6.07, 6.45) is -0.138. The van der Waals surface area contributed by atoms with Gasteiger partial charge in [0.25, 0.3) is 0 Å². The molecule has 0 spiro atoms. The number of carbonyl (C=O) groups is 2. The number of amides is 1. The average Bonchev–Trinajstić information content (AvgIpc) is 2.44. The highest BCUT2D eigenvalue weighted by atomic mass is 32.2. The van der Waals surface area contributed by atoms with Gasteiger partial charge in [-0.25, -0.2) is 0 Å². The van der Waals surface area contributed by atoms with Gasteiger partial charge < -0.3 is 10.4 Å². The van der Waals surface area contributed by atoms with Gasteiger partial charge in [0.15, 0.2) is 0 Å². The van der Waals surface area contributed by atoms with Crippen molar-refractivity contribution in [1.82, 2.24) is 10.2 Å². The number of carboxylic acid groups (broad SMARTS) is 1. The first-order valence-corrected chi connectivity index (χ1v) is 7.98. The van der Waals surface area contributed by atoms with E-state index in [0.717, 1.165) is 5.75 Å². The summed E-state index contributed by atoms with van der Waals surface area (Å²) in [6.45, 7) is 4.06. The quantitative estimate of drug-likeness (QED) is 0.777. The molecule has 6 heteroatoms. The normalized spacial score (nSPS) is 19.3. The second-order valence-corrected chi connectivity index (χ2v) is 6.27. The second kappa shape index (κ2) is 7.47. The molecule has 1 aromatic carbocycles. The van der Waals surface area contributed by atoms with Crippen LogP contribution >= 0.6 is 11.8 Å². The van der Waals surface area contributed by atoms with Crippen LogP contribution in [-0.2, 0) is 9.59 Å². The molecule has 1 amide bonds. The van der Waals surface area contributed by atoms with Crippen LogP contribution in [0.5, 0.6) is 0 Å². The molecule has 0 saturated carbocycles. The molecule has 2 rings (SSSR count). The molecule has 0 aliphatic carbocycles. The Morgan fingerprint density at radius 1 is 1.43 bits per heavy atom. The van der Waals surface area contributed by atoms with Crippen molar-refractivity contribution in [3.8, 4) is 0 Å². The fourth-order valence-corrected chi connectivity index (χ4v) is 3.22. The Morgan fingerprint density at radius 2 is 2.14 bits per heavy atom. The molecule has 0 aromatic heterocycles. The van der Waals surface area contributed by atoms with Crippen LogP contribution in [0.2, 0.25) is 0 Å². The summed E-state index contributed by atoms with van der Waals surface area (Å²) in [5.74, 6) is -0.274. The van der Waals surface area contributed by atoms with Crippen molar-refractivity contribution in [2.45, 2.75) is 24.3 Å². The maximum Gasteiger partial charge on any atom is 0.305 e. The van der Waals surface area contributed by atoms with Gasteiger partial charge in [0.05, 0.1) is 12.5 Å². The molecule has 1 fully saturated rings. The van der Waals surface area contributed by atoms with Crippen LogP contribution in [0.4, 0.5) is 0 Å². The van der Waals surface area contributed by atoms with Gasteiger partial charge in [0.1, 0.15) is 0 Å². The SMILES string of the molecule is Cc1ccc(SCCN2CCNC(=O)C2CC(=O)O)cc1. The summed E-state index contributed by atoms with van der Waals surface area (Å²) in [7, 11) is 0. The van der Waals surface area contributed by atoms with E-state index in [-0.39, 0.29) is 12.3 Å². The molecule has 2 N–H and O–H groups in total. The van der Waals surface area contributed by atoms with Crippen LogP contribution in [0, 0.1) is 6.92 Å². The summed E-state index contributed by atoms with van der Waals surface area (Å²) in [6, 6.07) is 7.76. The molecule has 1 aliphatic rings. The van der Waals surface area contributed by atoms with Crippen molar-refractivity contribution < 1.29 is 14.7 Å². The lowest BCUT2D eigenvalue weighted by Gasteiger charge is -2.34. The minimum Gasteiger partial charge on any atom is -0.481 e. The van der Waals surface area contributed by atoms with Crippen molar-refractivity contribution >= 4 is 23.6 Å². The van der Waals surface area contributed by atoms with E-state index in [1.165, 1.54) is 10.5 Å². The summed E-state index contributed by atoms with van der Waals surface area (Å²) in [4.78, 5) is 25.8. The van der Waals surface area contributed by atoms with Crippen molar-refractivity contribution in [2.24, 2.45) is 0 Å². The van der Waals surface area contributed by atoms with Gasteiger partial charge in [0.2, 0.25) is 5.91 Å². The first kappa shape index (κ1) is 15.9. The predicted molar refractivity (Wildman–Crippen MR) is 82.5 cm³/mol. The third-order valence-electron chi connectivity index (χ3n) is 3.48. The lowest BCUT2D eigenvalue weighted by molar-refractivity contribution is -0.143. The van der Waals surface area contributed by atoms with E-state index in [2.05, 4.69) is 36.5 Å². The molecule has 1 saturated heterocycles.